The first-order valence-electron chi connectivity index (χ1n) is 6.37. The Morgan fingerprint density at radius 1 is 1.33 bits per heavy atom. The predicted molar refractivity (Wildman–Crippen MR) is 84.5 cm³/mol. The predicted octanol–water partition coefficient (Wildman–Crippen LogP) is 4.14. The van der Waals surface area contributed by atoms with Gasteiger partial charge in [-0.25, -0.2) is 4.39 Å². The molecule has 0 bridgehead atoms. The zero-order valence-corrected chi connectivity index (χ0v) is 12.5. The first-order valence-corrected chi connectivity index (χ1v) is 7.73. The van der Waals surface area contributed by atoms with Gasteiger partial charge >= 0.3 is 0 Å². The second kappa shape index (κ2) is 5.95. The summed E-state index contributed by atoms with van der Waals surface area (Å²) in [5.41, 5.74) is 2.01. The van der Waals surface area contributed by atoms with Crippen LogP contribution in [0.1, 0.15) is 5.56 Å². The van der Waals surface area contributed by atoms with Gasteiger partial charge in [-0.2, -0.15) is 0 Å². The van der Waals surface area contributed by atoms with E-state index < -0.39 is 0 Å². The van der Waals surface area contributed by atoms with Gasteiger partial charge in [0.05, 0.1) is 11.4 Å². The van der Waals surface area contributed by atoms with Gasteiger partial charge in [0, 0.05) is 27.7 Å². The summed E-state index contributed by atoms with van der Waals surface area (Å²) >= 11 is 7.49. The summed E-state index contributed by atoms with van der Waals surface area (Å²) in [6, 6.07) is 10.3. The van der Waals surface area contributed by atoms with Crippen LogP contribution in [0.4, 0.5) is 15.8 Å². The molecule has 2 aromatic rings. The van der Waals surface area contributed by atoms with Crippen LogP contribution >= 0.6 is 23.4 Å². The van der Waals surface area contributed by atoms with Crippen LogP contribution in [0, 0.1) is 5.82 Å². The third kappa shape index (κ3) is 3.14. The van der Waals surface area contributed by atoms with E-state index in [0.29, 0.717) is 16.3 Å². The van der Waals surface area contributed by atoms with E-state index in [2.05, 4.69) is 10.6 Å². The van der Waals surface area contributed by atoms with Crippen molar-refractivity contribution in [3.8, 4) is 0 Å². The molecule has 1 amide bonds. The maximum Gasteiger partial charge on any atom is 0.234 e. The van der Waals surface area contributed by atoms with Crippen molar-refractivity contribution in [3.63, 3.8) is 0 Å². The quantitative estimate of drug-likeness (QED) is 0.892. The highest BCUT2D eigenvalue weighted by Crippen LogP contribution is 2.33. The van der Waals surface area contributed by atoms with Crippen LogP contribution in [-0.4, -0.2) is 11.7 Å². The molecule has 0 aromatic heterocycles. The molecule has 0 aliphatic carbocycles. The number of halogens is 2. The fraction of sp³-hybridized carbons (Fsp3) is 0.133. The standard InChI is InChI=1S/C15H12ClFN2OS/c16-11-2-1-3-12(17)10(11)7-18-9-4-5-14-13(6-9)19-15(20)8-21-14/h1-6,18H,7-8H2,(H,19,20). The average Bonchev–Trinajstić information content (AvgIpc) is 2.46. The molecule has 0 unspecified atom stereocenters. The Bertz CT molecular complexity index is 688. The van der Waals surface area contributed by atoms with Crippen molar-refractivity contribution in [1.82, 2.24) is 0 Å². The zero-order chi connectivity index (χ0) is 14.8. The summed E-state index contributed by atoms with van der Waals surface area (Å²) in [4.78, 5) is 12.4. The summed E-state index contributed by atoms with van der Waals surface area (Å²) in [5, 5.41) is 6.34. The molecular formula is C15H12ClFN2OS. The molecule has 21 heavy (non-hydrogen) atoms. The smallest absolute Gasteiger partial charge is 0.234 e. The minimum atomic E-state index is -0.336. The highest BCUT2D eigenvalue weighted by molar-refractivity contribution is 8.00. The molecule has 0 atom stereocenters. The third-order valence-corrected chi connectivity index (χ3v) is 4.57. The Morgan fingerprint density at radius 3 is 3.00 bits per heavy atom. The number of carbonyl (C=O) groups excluding carboxylic acids is 1. The van der Waals surface area contributed by atoms with Crippen molar-refractivity contribution in [2.75, 3.05) is 16.4 Å². The lowest BCUT2D eigenvalue weighted by Gasteiger charge is -2.17. The molecule has 0 saturated carbocycles. The number of amides is 1. The minimum Gasteiger partial charge on any atom is -0.381 e. The summed E-state index contributed by atoms with van der Waals surface area (Å²) in [6.45, 7) is 0.283. The van der Waals surface area contributed by atoms with Crippen LogP contribution in [0.5, 0.6) is 0 Å². The topological polar surface area (TPSA) is 41.1 Å². The monoisotopic (exact) mass is 322 g/mol. The Balaban J connectivity index is 1.77. The summed E-state index contributed by atoms with van der Waals surface area (Å²) in [6.07, 6.45) is 0. The first kappa shape index (κ1) is 14.2. The molecule has 1 aliphatic rings. The number of carbonyl (C=O) groups is 1. The lowest BCUT2D eigenvalue weighted by atomic mass is 10.2. The summed E-state index contributed by atoms with van der Waals surface area (Å²) in [7, 11) is 0. The number of hydrogen-bond donors (Lipinski definition) is 2. The number of hydrogen-bond acceptors (Lipinski definition) is 3. The van der Waals surface area contributed by atoms with Crippen LogP contribution < -0.4 is 10.6 Å². The van der Waals surface area contributed by atoms with Crippen molar-refractivity contribution in [2.45, 2.75) is 11.4 Å². The Morgan fingerprint density at radius 2 is 2.19 bits per heavy atom. The van der Waals surface area contributed by atoms with E-state index in [0.717, 1.165) is 16.3 Å². The second-order valence-corrected chi connectivity index (χ2v) is 6.03. The zero-order valence-electron chi connectivity index (χ0n) is 11.0. The van der Waals surface area contributed by atoms with Crippen molar-refractivity contribution in [3.05, 3.63) is 52.8 Å². The average molecular weight is 323 g/mol. The molecule has 1 aliphatic heterocycles. The van der Waals surface area contributed by atoms with Gasteiger partial charge < -0.3 is 10.6 Å². The summed E-state index contributed by atoms with van der Waals surface area (Å²) < 4.78 is 13.7. The van der Waals surface area contributed by atoms with Gasteiger partial charge in [0.25, 0.3) is 0 Å². The van der Waals surface area contributed by atoms with Gasteiger partial charge in [-0.1, -0.05) is 17.7 Å². The molecule has 108 valence electrons. The number of fused-ring (bicyclic) bond motifs is 1. The van der Waals surface area contributed by atoms with E-state index in [4.69, 9.17) is 11.6 Å². The van der Waals surface area contributed by atoms with Gasteiger partial charge in [-0.05, 0) is 30.3 Å². The minimum absolute atomic E-state index is 0.0122. The Kier molecular flexibility index (Phi) is 4.03. The van der Waals surface area contributed by atoms with E-state index in [-0.39, 0.29) is 18.3 Å². The number of thioether (sulfide) groups is 1. The molecule has 0 fully saturated rings. The molecule has 1 heterocycles. The molecule has 6 heteroatoms. The molecule has 0 radical (unpaired) electrons. The van der Waals surface area contributed by atoms with Crippen LogP contribution in [0.2, 0.25) is 5.02 Å². The largest absolute Gasteiger partial charge is 0.381 e. The molecule has 3 rings (SSSR count). The van der Waals surface area contributed by atoms with Crippen LogP contribution in [-0.2, 0) is 11.3 Å². The molecule has 2 N–H and O–H groups in total. The van der Waals surface area contributed by atoms with E-state index in [1.54, 1.807) is 12.1 Å². The van der Waals surface area contributed by atoms with Crippen LogP contribution in [0.25, 0.3) is 0 Å². The number of anilines is 2. The van der Waals surface area contributed by atoms with Crippen molar-refractivity contribution < 1.29 is 9.18 Å². The molecule has 0 spiro atoms. The molecular weight excluding hydrogens is 311 g/mol. The van der Waals surface area contributed by atoms with Crippen LogP contribution in [0.15, 0.2) is 41.3 Å². The van der Waals surface area contributed by atoms with Crippen molar-refractivity contribution in [2.24, 2.45) is 0 Å². The number of rotatable bonds is 3. The van der Waals surface area contributed by atoms with Gasteiger partial charge in [-0.3, -0.25) is 4.79 Å². The summed E-state index contributed by atoms with van der Waals surface area (Å²) in [5.74, 6) is 0.0866. The SMILES string of the molecule is O=C1CSc2ccc(NCc3c(F)cccc3Cl)cc2N1. The second-order valence-electron chi connectivity index (χ2n) is 4.60. The number of benzene rings is 2. The van der Waals surface area contributed by atoms with E-state index in [1.807, 2.05) is 18.2 Å². The highest BCUT2D eigenvalue weighted by Gasteiger charge is 2.15. The number of nitrogens with one attached hydrogen (secondary N) is 2. The first-order chi connectivity index (χ1) is 10.1. The Labute approximate surface area is 130 Å². The van der Waals surface area contributed by atoms with E-state index >= 15 is 0 Å². The molecule has 2 aromatic carbocycles. The maximum atomic E-state index is 13.7. The van der Waals surface area contributed by atoms with Crippen LogP contribution in [0.3, 0.4) is 0 Å². The Hall–Kier alpha value is -1.72. The lowest BCUT2D eigenvalue weighted by Crippen LogP contribution is -2.18. The lowest BCUT2D eigenvalue weighted by molar-refractivity contribution is -0.113. The van der Waals surface area contributed by atoms with Crippen molar-refractivity contribution >= 4 is 40.6 Å². The molecule has 3 nitrogen and oxygen atoms in total. The third-order valence-electron chi connectivity index (χ3n) is 3.14. The van der Waals surface area contributed by atoms with Gasteiger partial charge in [0.15, 0.2) is 0 Å². The van der Waals surface area contributed by atoms with E-state index in [1.165, 1.54) is 17.8 Å². The normalized spacial score (nSPS) is 13.5. The van der Waals surface area contributed by atoms with Gasteiger partial charge in [0.1, 0.15) is 5.82 Å². The van der Waals surface area contributed by atoms with Crippen molar-refractivity contribution in [1.29, 1.82) is 0 Å². The van der Waals surface area contributed by atoms with E-state index in [9.17, 15) is 9.18 Å². The molecule has 0 saturated heterocycles. The fourth-order valence-electron chi connectivity index (χ4n) is 2.08. The maximum absolute atomic E-state index is 13.7. The van der Waals surface area contributed by atoms with Gasteiger partial charge in [0.2, 0.25) is 5.91 Å². The highest BCUT2D eigenvalue weighted by atomic mass is 35.5. The fourth-order valence-corrected chi connectivity index (χ4v) is 3.10. The van der Waals surface area contributed by atoms with Gasteiger partial charge in [-0.15, -0.1) is 11.8 Å².